The number of rotatable bonds is 7. The fourth-order valence-corrected chi connectivity index (χ4v) is 2.81. The number of ether oxygens (including phenoxy) is 3. The van der Waals surface area contributed by atoms with Gasteiger partial charge in [-0.05, 0) is 53.2 Å². The largest absolute Gasteiger partial charge is 0.444 e. The van der Waals surface area contributed by atoms with Crippen molar-refractivity contribution in [3.8, 4) is 0 Å². The van der Waals surface area contributed by atoms with Crippen LogP contribution in [0.3, 0.4) is 0 Å². The number of methoxy groups -OCH3 is 1. The lowest BCUT2D eigenvalue weighted by Gasteiger charge is -2.41. The fourth-order valence-electron chi connectivity index (χ4n) is 2.81. The van der Waals surface area contributed by atoms with Crippen LogP contribution in [-0.2, 0) is 23.8 Å². The average Bonchev–Trinajstić information content (AvgIpc) is 2.59. The smallest absolute Gasteiger partial charge is 0.435 e. The number of hydrogen-bond donors (Lipinski definition) is 1. The van der Waals surface area contributed by atoms with Gasteiger partial charge in [-0.1, -0.05) is 6.08 Å². The Morgan fingerprint density at radius 1 is 1.19 bits per heavy atom. The standard InChI is InChI=1S/C21H35N3O7/c1-9-10-29-24(19(27)31-21(5,6)7)16-12-23(18(26)30-20(2,3)4)15(17(22)25)11-14(16)13-28-8/h9,11,15-16H,1,10,12-13H2,2-8H3,(H2,22,25). The van der Waals surface area contributed by atoms with Crippen molar-refractivity contribution in [3.05, 3.63) is 24.3 Å². The molecule has 0 fully saturated rings. The highest BCUT2D eigenvalue weighted by Crippen LogP contribution is 2.26. The van der Waals surface area contributed by atoms with Gasteiger partial charge in [0.2, 0.25) is 5.91 Å². The molecule has 1 heterocycles. The molecule has 2 unspecified atom stereocenters. The molecule has 10 heteroatoms. The highest BCUT2D eigenvalue weighted by atomic mass is 16.7. The van der Waals surface area contributed by atoms with Crippen LogP contribution in [0.25, 0.3) is 0 Å². The van der Waals surface area contributed by atoms with E-state index in [9.17, 15) is 14.4 Å². The van der Waals surface area contributed by atoms with Crippen LogP contribution in [0.15, 0.2) is 24.3 Å². The minimum atomic E-state index is -1.07. The van der Waals surface area contributed by atoms with E-state index in [2.05, 4.69) is 6.58 Å². The van der Waals surface area contributed by atoms with Gasteiger partial charge in [0.1, 0.15) is 23.3 Å². The van der Waals surface area contributed by atoms with Gasteiger partial charge < -0.3 is 19.9 Å². The lowest BCUT2D eigenvalue weighted by Crippen LogP contribution is -2.59. The van der Waals surface area contributed by atoms with Crippen molar-refractivity contribution in [2.45, 2.75) is 64.8 Å². The van der Waals surface area contributed by atoms with Crippen molar-refractivity contribution in [1.29, 1.82) is 0 Å². The number of nitrogens with two attached hydrogens (primary N) is 1. The lowest BCUT2D eigenvalue weighted by atomic mass is 9.97. The first-order chi connectivity index (χ1) is 14.2. The Labute approximate surface area is 183 Å². The molecule has 0 bridgehead atoms. The number of nitrogens with zero attached hydrogens (tertiary/aromatic N) is 2. The average molecular weight is 442 g/mol. The highest BCUT2D eigenvalue weighted by molar-refractivity contribution is 5.87. The van der Waals surface area contributed by atoms with E-state index in [0.717, 1.165) is 9.96 Å². The maximum absolute atomic E-state index is 12.9. The number of carbonyl (C=O) groups is 3. The summed E-state index contributed by atoms with van der Waals surface area (Å²) in [6.07, 6.45) is 1.45. The van der Waals surface area contributed by atoms with E-state index < -0.39 is 41.4 Å². The maximum atomic E-state index is 12.9. The molecule has 0 aromatic heterocycles. The molecular weight excluding hydrogens is 406 g/mol. The zero-order valence-electron chi connectivity index (χ0n) is 19.5. The Balaban J connectivity index is 3.40. The summed E-state index contributed by atoms with van der Waals surface area (Å²) in [6.45, 7) is 13.9. The minimum Gasteiger partial charge on any atom is -0.444 e. The summed E-state index contributed by atoms with van der Waals surface area (Å²) in [5, 5.41) is 1.02. The zero-order valence-corrected chi connectivity index (χ0v) is 19.5. The van der Waals surface area contributed by atoms with Crippen LogP contribution in [0, 0.1) is 0 Å². The second-order valence-corrected chi connectivity index (χ2v) is 9.06. The SMILES string of the molecule is C=CCON(C(=O)OC(C)(C)C)C1CN(C(=O)OC(C)(C)C)C(C(N)=O)C=C1COC. The zero-order chi connectivity index (χ0) is 24.0. The quantitative estimate of drug-likeness (QED) is 0.476. The topological polar surface area (TPSA) is 121 Å². The van der Waals surface area contributed by atoms with Crippen LogP contribution in [0.4, 0.5) is 9.59 Å². The maximum Gasteiger partial charge on any atom is 0.435 e. The van der Waals surface area contributed by atoms with Gasteiger partial charge in [0.05, 0.1) is 19.8 Å². The Kier molecular flexibility index (Phi) is 9.07. The van der Waals surface area contributed by atoms with Crippen molar-refractivity contribution in [2.75, 3.05) is 26.9 Å². The molecule has 0 saturated heterocycles. The predicted molar refractivity (Wildman–Crippen MR) is 114 cm³/mol. The fraction of sp³-hybridized carbons (Fsp3) is 0.667. The molecule has 0 radical (unpaired) electrons. The van der Waals surface area contributed by atoms with Crippen molar-refractivity contribution in [2.24, 2.45) is 5.73 Å². The van der Waals surface area contributed by atoms with Gasteiger partial charge in [0.15, 0.2) is 0 Å². The van der Waals surface area contributed by atoms with Crippen molar-refractivity contribution in [3.63, 3.8) is 0 Å². The van der Waals surface area contributed by atoms with E-state index in [1.54, 1.807) is 41.5 Å². The number of hydrogen-bond acceptors (Lipinski definition) is 7. The van der Waals surface area contributed by atoms with Gasteiger partial charge >= 0.3 is 12.2 Å². The molecule has 0 aromatic rings. The summed E-state index contributed by atoms with van der Waals surface area (Å²) in [7, 11) is 1.47. The van der Waals surface area contributed by atoms with Crippen LogP contribution in [0.2, 0.25) is 0 Å². The van der Waals surface area contributed by atoms with Gasteiger partial charge in [-0.2, -0.15) is 5.06 Å². The Morgan fingerprint density at radius 3 is 2.23 bits per heavy atom. The second kappa shape index (κ2) is 10.6. The summed E-state index contributed by atoms with van der Waals surface area (Å²) in [4.78, 5) is 44.5. The number of amides is 3. The first-order valence-electron chi connectivity index (χ1n) is 9.94. The molecule has 176 valence electrons. The molecule has 1 rings (SSSR count). The van der Waals surface area contributed by atoms with E-state index in [1.165, 1.54) is 19.3 Å². The Morgan fingerprint density at radius 2 is 1.77 bits per heavy atom. The third-order valence-electron chi connectivity index (χ3n) is 3.92. The summed E-state index contributed by atoms with van der Waals surface area (Å²) in [5.74, 6) is -0.742. The van der Waals surface area contributed by atoms with E-state index in [4.69, 9.17) is 24.8 Å². The minimum absolute atomic E-state index is 0.0156. The second-order valence-electron chi connectivity index (χ2n) is 9.06. The van der Waals surface area contributed by atoms with E-state index >= 15 is 0 Å². The van der Waals surface area contributed by atoms with Gasteiger partial charge in [-0.15, -0.1) is 6.58 Å². The van der Waals surface area contributed by atoms with E-state index in [0.29, 0.717) is 5.57 Å². The molecule has 31 heavy (non-hydrogen) atoms. The molecule has 1 aliphatic rings. The third kappa shape index (κ3) is 8.22. The van der Waals surface area contributed by atoms with E-state index in [1.807, 2.05) is 0 Å². The van der Waals surface area contributed by atoms with Crippen LogP contribution >= 0.6 is 0 Å². The van der Waals surface area contributed by atoms with Gasteiger partial charge in [0, 0.05) is 7.11 Å². The molecule has 0 aromatic carbocycles. The first kappa shape index (κ1) is 26.4. The van der Waals surface area contributed by atoms with Crippen LogP contribution < -0.4 is 5.73 Å². The van der Waals surface area contributed by atoms with Crippen LogP contribution in [0.1, 0.15) is 41.5 Å². The number of hydroxylamine groups is 2. The molecule has 0 spiro atoms. The molecule has 2 atom stereocenters. The number of carbonyl (C=O) groups excluding carboxylic acids is 3. The number of primary amides is 1. The predicted octanol–water partition coefficient (Wildman–Crippen LogP) is 2.39. The molecule has 10 nitrogen and oxygen atoms in total. The van der Waals surface area contributed by atoms with Gasteiger partial charge in [-0.25, -0.2) is 9.59 Å². The normalized spacial score (nSPS) is 19.3. The summed E-state index contributed by atoms with van der Waals surface area (Å²) >= 11 is 0. The molecule has 2 N–H and O–H groups in total. The van der Waals surface area contributed by atoms with Crippen LogP contribution in [-0.4, -0.2) is 78.2 Å². The molecule has 1 aliphatic heterocycles. The Bertz CT molecular complexity index is 707. The van der Waals surface area contributed by atoms with E-state index in [-0.39, 0.29) is 19.8 Å². The summed E-state index contributed by atoms with van der Waals surface area (Å²) in [5.41, 5.74) is 4.49. The lowest BCUT2D eigenvalue weighted by molar-refractivity contribution is -0.161. The summed E-state index contributed by atoms with van der Waals surface area (Å²) in [6, 6.07) is -1.88. The van der Waals surface area contributed by atoms with Crippen molar-refractivity contribution >= 4 is 18.1 Å². The van der Waals surface area contributed by atoms with Crippen molar-refractivity contribution in [1.82, 2.24) is 9.96 Å². The summed E-state index contributed by atoms with van der Waals surface area (Å²) < 4.78 is 16.1. The molecular formula is C21H35N3O7. The monoisotopic (exact) mass is 441 g/mol. The van der Waals surface area contributed by atoms with Gasteiger partial charge in [-0.3, -0.25) is 14.5 Å². The van der Waals surface area contributed by atoms with Gasteiger partial charge in [0.25, 0.3) is 0 Å². The van der Waals surface area contributed by atoms with Crippen molar-refractivity contribution < 1.29 is 33.4 Å². The third-order valence-corrected chi connectivity index (χ3v) is 3.92. The highest BCUT2D eigenvalue weighted by Gasteiger charge is 2.42. The molecule has 3 amide bonds. The van der Waals surface area contributed by atoms with Crippen LogP contribution in [0.5, 0.6) is 0 Å². The molecule has 0 saturated carbocycles. The molecule has 0 aliphatic carbocycles. The Hall–Kier alpha value is -2.59. The first-order valence-corrected chi connectivity index (χ1v) is 9.94.